The highest BCUT2D eigenvalue weighted by Gasteiger charge is 2.05. The molecule has 128 valence electrons. The first-order valence-electron chi connectivity index (χ1n) is 7.76. The molecule has 0 saturated carbocycles. The molecule has 0 aliphatic rings. The number of hydrogen-bond acceptors (Lipinski definition) is 6. The SMILES string of the molecule is COc1ccc(/C=N\Nc2nc(-c3ccc(C)c(C)c3)cs2)cc1O. The van der Waals surface area contributed by atoms with Gasteiger partial charge in [-0.3, -0.25) is 5.43 Å². The summed E-state index contributed by atoms with van der Waals surface area (Å²) in [4.78, 5) is 4.55. The molecule has 25 heavy (non-hydrogen) atoms. The largest absolute Gasteiger partial charge is 0.504 e. The molecule has 0 bridgehead atoms. The summed E-state index contributed by atoms with van der Waals surface area (Å²) in [6, 6.07) is 11.4. The first kappa shape index (κ1) is 17.0. The number of hydrogen-bond donors (Lipinski definition) is 2. The van der Waals surface area contributed by atoms with Crippen LogP contribution in [0.4, 0.5) is 5.13 Å². The summed E-state index contributed by atoms with van der Waals surface area (Å²) in [6.07, 6.45) is 1.62. The molecule has 1 heterocycles. The fourth-order valence-corrected chi connectivity index (χ4v) is 2.98. The topological polar surface area (TPSA) is 66.7 Å². The fourth-order valence-electron chi connectivity index (χ4n) is 2.31. The molecule has 0 aliphatic heterocycles. The number of anilines is 1. The Morgan fingerprint density at radius 2 is 2.00 bits per heavy atom. The maximum atomic E-state index is 9.76. The van der Waals surface area contributed by atoms with Crippen molar-refractivity contribution in [2.45, 2.75) is 13.8 Å². The van der Waals surface area contributed by atoms with Crippen LogP contribution in [0.1, 0.15) is 16.7 Å². The molecule has 5 nitrogen and oxygen atoms in total. The van der Waals surface area contributed by atoms with Gasteiger partial charge in [-0.25, -0.2) is 4.98 Å². The fraction of sp³-hybridized carbons (Fsp3) is 0.158. The third-order valence-electron chi connectivity index (χ3n) is 3.88. The summed E-state index contributed by atoms with van der Waals surface area (Å²) in [5.41, 5.74) is 8.22. The lowest BCUT2D eigenvalue weighted by Gasteiger charge is -2.03. The number of nitrogens with one attached hydrogen (secondary N) is 1. The van der Waals surface area contributed by atoms with Gasteiger partial charge in [0.05, 0.1) is 19.0 Å². The zero-order chi connectivity index (χ0) is 17.8. The molecule has 2 N–H and O–H groups in total. The number of phenols is 1. The van der Waals surface area contributed by atoms with Gasteiger partial charge in [0.25, 0.3) is 0 Å². The van der Waals surface area contributed by atoms with Crippen molar-refractivity contribution >= 4 is 22.7 Å². The predicted molar refractivity (Wildman–Crippen MR) is 103 cm³/mol. The molecule has 3 aromatic rings. The molecule has 0 fully saturated rings. The minimum absolute atomic E-state index is 0.0812. The van der Waals surface area contributed by atoms with Gasteiger partial charge in [-0.05, 0) is 54.8 Å². The Morgan fingerprint density at radius 3 is 2.72 bits per heavy atom. The highest BCUT2D eigenvalue weighted by molar-refractivity contribution is 7.14. The van der Waals surface area contributed by atoms with Gasteiger partial charge in [0, 0.05) is 10.9 Å². The Hall–Kier alpha value is -2.86. The number of benzene rings is 2. The number of thiazole rings is 1. The smallest absolute Gasteiger partial charge is 0.203 e. The van der Waals surface area contributed by atoms with Crippen LogP contribution >= 0.6 is 11.3 Å². The number of aryl methyl sites for hydroxylation is 2. The number of ether oxygens (including phenoxy) is 1. The minimum atomic E-state index is 0.0812. The maximum absolute atomic E-state index is 9.76. The van der Waals surface area contributed by atoms with E-state index in [0.717, 1.165) is 16.8 Å². The Balaban J connectivity index is 1.69. The number of methoxy groups -OCH3 is 1. The van der Waals surface area contributed by atoms with Crippen LogP contribution in [0.2, 0.25) is 0 Å². The van der Waals surface area contributed by atoms with Crippen molar-refractivity contribution in [3.8, 4) is 22.8 Å². The van der Waals surface area contributed by atoms with Crippen LogP contribution in [0.15, 0.2) is 46.9 Å². The van der Waals surface area contributed by atoms with Gasteiger partial charge in [0.15, 0.2) is 11.5 Å². The summed E-state index contributed by atoms with van der Waals surface area (Å²) in [6.45, 7) is 4.19. The second-order valence-corrected chi connectivity index (χ2v) is 6.50. The van der Waals surface area contributed by atoms with E-state index in [0.29, 0.717) is 10.9 Å². The molecule has 0 saturated heterocycles. The average molecular weight is 353 g/mol. The van der Waals surface area contributed by atoms with Crippen LogP contribution in [-0.4, -0.2) is 23.4 Å². The van der Waals surface area contributed by atoms with Crippen molar-refractivity contribution in [3.63, 3.8) is 0 Å². The lowest BCUT2D eigenvalue weighted by atomic mass is 10.1. The van der Waals surface area contributed by atoms with Crippen LogP contribution in [-0.2, 0) is 0 Å². The van der Waals surface area contributed by atoms with E-state index in [9.17, 15) is 5.11 Å². The molecule has 3 rings (SSSR count). The minimum Gasteiger partial charge on any atom is -0.504 e. The van der Waals surface area contributed by atoms with E-state index in [4.69, 9.17) is 4.74 Å². The third kappa shape index (κ3) is 3.97. The molecule has 0 unspecified atom stereocenters. The quantitative estimate of drug-likeness (QED) is 0.520. The Kier molecular flexibility index (Phi) is 5.00. The van der Waals surface area contributed by atoms with Crippen molar-refractivity contribution in [2.75, 3.05) is 12.5 Å². The second-order valence-electron chi connectivity index (χ2n) is 5.64. The highest BCUT2D eigenvalue weighted by atomic mass is 32.1. The summed E-state index contributed by atoms with van der Waals surface area (Å²) < 4.78 is 5.02. The predicted octanol–water partition coefficient (Wildman–Crippen LogP) is 4.59. The van der Waals surface area contributed by atoms with Crippen molar-refractivity contribution in [3.05, 3.63) is 58.5 Å². The summed E-state index contributed by atoms with van der Waals surface area (Å²) >= 11 is 1.49. The van der Waals surface area contributed by atoms with Crippen LogP contribution in [0.3, 0.4) is 0 Å². The first-order chi connectivity index (χ1) is 12.1. The first-order valence-corrected chi connectivity index (χ1v) is 8.64. The van der Waals surface area contributed by atoms with Crippen molar-refractivity contribution in [1.29, 1.82) is 0 Å². The number of nitrogens with zero attached hydrogens (tertiary/aromatic N) is 2. The normalized spacial score (nSPS) is 11.0. The molecule has 0 aliphatic carbocycles. The summed E-state index contributed by atoms with van der Waals surface area (Å²) in [7, 11) is 1.51. The molecule has 6 heteroatoms. The van der Waals surface area contributed by atoms with E-state index >= 15 is 0 Å². The van der Waals surface area contributed by atoms with E-state index in [1.54, 1.807) is 18.3 Å². The molecule has 1 aromatic heterocycles. The molecule has 2 aromatic carbocycles. The van der Waals surface area contributed by atoms with Crippen molar-refractivity contribution < 1.29 is 9.84 Å². The number of hydrazone groups is 1. The van der Waals surface area contributed by atoms with E-state index in [1.807, 2.05) is 11.4 Å². The number of phenolic OH excluding ortho intramolecular Hbond substituents is 1. The van der Waals surface area contributed by atoms with Crippen LogP contribution < -0.4 is 10.2 Å². The number of rotatable bonds is 5. The Labute approximate surface area is 150 Å². The molecule has 0 spiro atoms. The standard InChI is InChI=1S/C19H19N3O2S/c1-12-4-6-15(8-13(12)2)16-11-25-19(21-16)22-20-10-14-5-7-18(24-3)17(23)9-14/h4-11,23H,1-3H3,(H,21,22)/b20-10-. The van der Waals surface area contributed by atoms with Gasteiger partial charge < -0.3 is 9.84 Å². The van der Waals surface area contributed by atoms with Gasteiger partial charge in [-0.1, -0.05) is 12.1 Å². The molecule has 0 amide bonds. The van der Waals surface area contributed by atoms with Gasteiger partial charge in [0.2, 0.25) is 5.13 Å². The van der Waals surface area contributed by atoms with E-state index in [2.05, 4.69) is 47.6 Å². The van der Waals surface area contributed by atoms with Gasteiger partial charge >= 0.3 is 0 Å². The highest BCUT2D eigenvalue weighted by Crippen LogP contribution is 2.27. The maximum Gasteiger partial charge on any atom is 0.203 e. The van der Waals surface area contributed by atoms with E-state index in [1.165, 1.54) is 29.6 Å². The zero-order valence-corrected chi connectivity index (χ0v) is 15.1. The molecule has 0 atom stereocenters. The Bertz CT molecular complexity index is 919. The summed E-state index contributed by atoms with van der Waals surface area (Å²) in [5.74, 6) is 0.515. The van der Waals surface area contributed by atoms with Crippen LogP contribution in [0.5, 0.6) is 11.5 Å². The summed E-state index contributed by atoms with van der Waals surface area (Å²) in [5, 5.41) is 16.6. The van der Waals surface area contributed by atoms with Gasteiger partial charge in [-0.2, -0.15) is 5.10 Å². The van der Waals surface area contributed by atoms with Crippen LogP contribution in [0, 0.1) is 13.8 Å². The average Bonchev–Trinajstić information content (AvgIpc) is 3.06. The number of aromatic hydroxyl groups is 1. The molecule has 0 radical (unpaired) electrons. The lowest BCUT2D eigenvalue weighted by Crippen LogP contribution is -1.91. The monoisotopic (exact) mass is 353 g/mol. The molecular formula is C19H19N3O2S. The Morgan fingerprint density at radius 1 is 1.16 bits per heavy atom. The van der Waals surface area contributed by atoms with Gasteiger partial charge in [0.1, 0.15) is 0 Å². The zero-order valence-electron chi connectivity index (χ0n) is 14.3. The molecular weight excluding hydrogens is 334 g/mol. The van der Waals surface area contributed by atoms with E-state index in [-0.39, 0.29) is 5.75 Å². The van der Waals surface area contributed by atoms with Gasteiger partial charge in [-0.15, -0.1) is 11.3 Å². The third-order valence-corrected chi connectivity index (χ3v) is 4.63. The van der Waals surface area contributed by atoms with E-state index < -0.39 is 0 Å². The van der Waals surface area contributed by atoms with Crippen molar-refractivity contribution in [1.82, 2.24) is 4.98 Å². The van der Waals surface area contributed by atoms with Crippen LogP contribution in [0.25, 0.3) is 11.3 Å². The second kappa shape index (κ2) is 7.36. The van der Waals surface area contributed by atoms with Crippen molar-refractivity contribution in [2.24, 2.45) is 5.10 Å². The lowest BCUT2D eigenvalue weighted by molar-refractivity contribution is 0.373. The number of aromatic nitrogens is 1.